The first-order chi connectivity index (χ1) is 14.7. The fourth-order valence-electron chi connectivity index (χ4n) is 3.60. The van der Waals surface area contributed by atoms with Crippen LogP contribution in [0.15, 0.2) is 53.5 Å². The number of rotatable bonds is 8. The third-order valence-corrected chi connectivity index (χ3v) is 5.08. The fourth-order valence-corrected chi connectivity index (χ4v) is 3.60. The maximum atomic E-state index is 5.64. The summed E-state index contributed by atoms with van der Waals surface area (Å²) in [4.78, 5) is 7.23. The Hall–Kier alpha value is -2.57. The minimum absolute atomic E-state index is 0.310. The highest BCUT2D eigenvalue weighted by Crippen LogP contribution is 2.14. The maximum Gasteiger partial charge on any atom is 0.191 e. The lowest BCUT2D eigenvalue weighted by Gasteiger charge is -2.31. The Labute approximate surface area is 180 Å². The first-order valence-corrected chi connectivity index (χ1v) is 10.7. The molecule has 2 aromatic carbocycles. The van der Waals surface area contributed by atoms with Gasteiger partial charge >= 0.3 is 0 Å². The van der Waals surface area contributed by atoms with E-state index in [0.717, 1.165) is 50.1 Å². The Kier molecular flexibility index (Phi) is 8.53. The number of aliphatic imine (C=N–C) groups is 1. The van der Waals surface area contributed by atoms with Gasteiger partial charge < -0.3 is 20.1 Å². The summed E-state index contributed by atoms with van der Waals surface area (Å²) >= 11 is 0. The molecule has 1 aliphatic heterocycles. The van der Waals surface area contributed by atoms with E-state index in [1.807, 2.05) is 18.2 Å². The Morgan fingerprint density at radius 1 is 1.13 bits per heavy atom. The zero-order valence-corrected chi connectivity index (χ0v) is 18.4. The van der Waals surface area contributed by atoms with E-state index in [2.05, 4.69) is 59.7 Å². The molecule has 6 heteroatoms. The lowest BCUT2D eigenvalue weighted by molar-refractivity contribution is -0.0212. The molecule has 0 amide bonds. The zero-order chi connectivity index (χ0) is 21.2. The van der Waals surface area contributed by atoms with Gasteiger partial charge in [0, 0.05) is 32.7 Å². The molecule has 0 saturated carbocycles. The molecule has 6 nitrogen and oxygen atoms in total. The summed E-state index contributed by atoms with van der Waals surface area (Å²) in [5.41, 5.74) is 3.69. The largest absolute Gasteiger partial charge is 0.497 e. The third kappa shape index (κ3) is 7.04. The molecule has 1 heterocycles. The van der Waals surface area contributed by atoms with E-state index in [-0.39, 0.29) is 0 Å². The highest BCUT2D eigenvalue weighted by atomic mass is 16.5. The number of morpholine rings is 1. The summed E-state index contributed by atoms with van der Waals surface area (Å²) in [6.07, 6.45) is 0.310. The zero-order valence-electron chi connectivity index (χ0n) is 18.4. The molecule has 1 fully saturated rings. The molecule has 2 aromatic rings. The van der Waals surface area contributed by atoms with E-state index in [9.17, 15) is 0 Å². The van der Waals surface area contributed by atoms with Gasteiger partial charge in [-0.3, -0.25) is 4.90 Å². The minimum atomic E-state index is 0.310. The van der Waals surface area contributed by atoms with Crippen LogP contribution in [0.3, 0.4) is 0 Å². The van der Waals surface area contributed by atoms with Crippen LogP contribution in [-0.4, -0.2) is 50.3 Å². The Morgan fingerprint density at radius 2 is 1.93 bits per heavy atom. The average molecular weight is 411 g/mol. The Balaban J connectivity index is 1.58. The summed E-state index contributed by atoms with van der Waals surface area (Å²) < 4.78 is 10.9. The number of nitrogens with zero attached hydrogens (tertiary/aromatic N) is 2. The summed E-state index contributed by atoms with van der Waals surface area (Å²) in [6, 6.07) is 16.8. The van der Waals surface area contributed by atoms with Crippen molar-refractivity contribution in [3.63, 3.8) is 0 Å². The van der Waals surface area contributed by atoms with Crippen LogP contribution in [-0.2, 0) is 24.4 Å². The molecule has 0 radical (unpaired) electrons. The number of methoxy groups -OCH3 is 1. The highest BCUT2D eigenvalue weighted by Gasteiger charge is 2.16. The molecule has 1 unspecified atom stereocenters. The molecule has 30 heavy (non-hydrogen) atoms. The van der Waals surface area contributed by atoms with E-state index in [1.165, 1.54) is 11.1 Å². The van der Waals surface area contributed by atoms with Gasteiger partial charge in [-0.25, -0.2) is 4.99 Å². The molecule has 0 aromatic heterocycles. The second-order valence-corrected chi connectivity index (χ2v) is 7.64. The molecule has 1 saturated heterocycles. The number of nitrogens with one attached hydrogen (secondary N) is 2. The van der Waals surface area contributed by atoms with Crippen LogP contribution >= 0.6 is 0 Å². The predicted molar refractivity (Wildman–Crippen MR) is 122 cm³/mol. The van der Waals surface area contributed by atoms with Crippen molar-refractivity contribution in [3.8, 4) is 5.75 Å². The van der Waals surface area contributed by atoms with Gasteiger partial charge in [0.05, 0.1) is 26.4 Å². The second kappa shape index (κ2) is 11.6. The molecule has 2 N–H and O–H groups in total. The van der Waals surface area contributed by atoms with Crippen LogP contribution < -0.4 is 15.4 Å². The van der Waals surface area contributed by atoms with Crippen LogP contribution in [0.4, 0.5) is 0 Å². The van der Waals surface area contributed by atoms with Crippen LogP contribution in [0.1, 0.15) is 30.5 Å². The van der Waals surface area contributed by atoms with Crippen LogP contribution in [0.25, 0.3) is 0 Å². The normalized spacial score (nSPS) is 17.6. The summed E-state index contributed by atoms with van der Waals surface area (Å²) in [5.74, 6) is 1.68. The van der Waals surface area contributed by atoms with E-state index in [4.69, 9.17) is 14.5 Å². The lowest BCUT2D eigenvalue weighted by Crippen LogP contribution is -2.40. The van der Waals surface area contributed by atoms with Crippen molar-refractivity contribution < 1.29 is 9.47 Å². The molecule has 1 atom stereocenters. The van der Waals surface area contributed by atoms with Crippen molar-refractivity contribution in [3.05, 3.63) is 65.2 Å². The smallest absolute Gasteiger partial charge is 0.191 e. The van der Waals surface area contributed by atoms with Crippen LogP contribution in [0.2, 0.25) is 0 Å². The third-order valence-electron chi connectivity index (χ3n) is 5.08. The molecular formula is C24H34N4O2. The standard InChI is InChI=1S/C24H34N4O2/c1-4-25-24(27-16-21-8-6-10-23(14-21)29-3)26-15-20-7-5-9-22(13-20)18-28-11-12-30-19(2)17-28/h5-10,13-14,19H,4,11-12,15-18H2,1-3H3,(H2,25,26,27). The van der Waals surface area contributed by atoms with Crippen molar-refractivity contribution in [1.82, 2.24) is 15.5 Å². The van der Waals surface area contributed by atoms with E-state index in [1.54, 1.807) is 7.11 Å². The minimum Gasteiger partial charge on any atom is -0.497 e. The molecule has 162 valence electrons. The van der Waals surface area contributed by atoms with Gasteiger partial charge in [-0.2, -0.15) is 0 Å². The van der Waals surface area contributed by atoms with Crippen molar-refractivity contribution in [2.24, 2.45) is 4.99 Å². The molecule has 0 bridgehead atoms. The van der Waals surface area contributed by atoms with E-state index >= 15 is 0 Å². The van der Waals surface area contributed by atoms with Crippen LogP contribution in [0.5, 0.6) is 5.75 Å². The van der Waals surface area contributed by atoms with Gasteiger partial charge in [-0.15, -0.1) is 0 Å². The molecule has 3 rings (SSSR count). The van der Waals surface area contributed by atoms with Gasteiger partial charge in [0.2, 0.25) is 0 Å². The lowest BCUT2D eigenvalue weighted by atomic mass is 10.1. The molecule has 0 spiro atoms. The first-order valence-electron chi connectivity index (χ1n) is 10.7. The topological polar surface area (TPSA) is 58.1 Å². The number of hydrogen-bond donors (Lipinski definition) is 2. The predicted octanol–water partition coefficient (Wildman–Crippen LogP) is 3.17. The SMILES string of the molecule is CCNC(=NCc1cccc(CN2CCOC(C)C2)c1)NCc1cccc(OC)c1. The highest BCUT2D eigenvalue weighted by molar-refractivity contribution is 5.79. The van der Waals surface area contributed by atoms with Crippen molar-refractivity contribution >= 4 is 5.96 Å². The van der Waals surface area contributed by atoms with Gasteiger partial charge in [0.1, 0.15) is 5.75 Å². The van der Waals surface area contributed by atoms with Gasteiger partial charge in [-0.05, 0) is 42.7 Å². The van der Waals surface area contributed by atoms with Gasteiger partial charge in [0.25, 0.3) is 0 Å². The summed E-state index contributed by atoms with van der Waals surface area (Å²) in [5, 5.41) is 6.73. The average Bonchev–Trinajstić information content (AvgIpc) is 2.76. The number of benzene rings is 2. The Morgan fingerprint density at radius 3 is 2.73 bits per heavy atom. The number of ether oxygens (including phenoxy) is 2. The number of guanidine groups is 1. The monoisotopic (exact) mass is 410 g/mol. The summed E-state index contributed by atoms with van der Waals surface area (Å²) in [6.45, 7) is 10.1. The van der Waals surface area contributed by atoms with Crippen molar-refractivity contribution in [2.45, 2.75) is 39.6 Å². The van der Waals surface area contributed by atoms with Crippen LogP contribution in [0, 0.1) is 0 Å². The second-order valence-electron chi connectivity index (χ2n) is 7.64. The Bertz CT molecular complexity index is 824. The number of hydrogen-bond acceptors (Lipinski definition) is 4. The van der Waals surface area contributed by atoms with Gasteiger partial charge in [0.15, 0.2) is 5.96 Å². The van der Waals surface area contributed by atoms with E-state index in [0.29, 0.717) is 19.2 Å². The summed E-state index contributed by atoms with van der Waals surface area (Å²) in [7, 11) is 1.69. The fraction of sp³-hybridized carbons (Fsp3) is 0.458. The van der Waals surface area contributed by atoms with Crippen molar-refractivity contribution in [1.29, 1.82) is 0 Å². The first kappa shape index (κ1) is 22.1. The molecular weight excluding hydrogens is 376 g/mol. The quantitative estimate of drug-likeness (QED) is 0.517. The molecule has 0 aliphatic carbocycles. The molecule has 1 aliphatic rings. The van der Waals surface area contributed by atoms with Gasteiger partial charge in [-0.1, -0.05) is 36.4 Å². The van der Waals surface area contributed by atoms with E-state index < -0.39 is 0 Å². The maximum absolute atomic E-state index is 5.64. The van der Waals surface area contributed by atoms with Crippen molar-refractivity contribution in [2.75, 3.05) is 33.4 Å².